The number of aromatic amines is 1. The molecule has 4 heterocycles. The molecule has 136 valence electrons. The zero-order valence-electron chi connectivity index (χ0n) is 14.6. The molecule has 0 saturated heterocycles. The predicted octanol–water partition coefficient (Wildman–Crippen LogP) is 3.46. The van der Waals surface area contributed by atoms with E-state index in [1.165, 1.54) is 23.9 Å². The molecule has 0 unspecified atom stereocenters. The SMILES string of the molecule is CC(C)(C)[C@]1(O)COCc2c1[nH]c(=O)c1sc(-c3ncncc3Cl)cc21. The van der Waals surface area contributed by atoms with E-state index in [0.717, 1.165) is 15.8 Å². The maximum Gasteiger partial charge on any atom is 0.266 e. The molecule has 26 heavy (non-hydrogen) atoms. The summed E-state index contributed by atoms with van der Waals surface area (Å²) >= 11 is 7.52. The van der Waals surface area contributed by atoms with Crippen molar-refractivity contribution in [3.05, 3.63) is 45.2 Å². The summed E-state index contributed by atoms with van der Waals surface area (Å²) in [5, 5.41) is 12.5. The number of aromatic nitrogens is 3. The fourth-order valence-corrected chi connectivity index (χ4v) is 4.60. The van der Waals surface area contributed by atoms with Crippen LogP contribution in [0.1, 0.15) is 32.0 Å². The molecule has 0 bridgehead atoms. The van der Waals surface area contributed by atoms with Gasteiger partial charge in [0, 0.05) is 17.1 Å². The molecular formula is C18H18ClN3O3S. The van der Waals surface area contributed by atoms with Gasteiger partial charge in [0.15, 0.2) is 0 Å². The number of hydrogen-bond acceptors (Lipinski definition) is 6. The molecule has 1 atom stereocenters. The molecule has 3 aromatic rings. The van der Waals surface area contributed by atoms with Gasteiger partial charge < -0.3 is 14.8 Å². The molecule has 0 aliphatic carbocycles. The van der Waals surface area contributed by atoms with Gasteiger partial charge in [-0.05, 0) is 11.5 Å². The van der Waals surface area contributed by atoms with Crippen molar-refractivity contribution in [2.75, 3.05) is 6.61 Å². The lowest BCUT2D eigenvalue weighted by molar-refractivity contribution is -0.139. The van der Waals surface area contributed by atoms with Crippen LogP contribution >= 0.6 is 22.9 Å². The van der Waals surface area contributed by atoms with Gasteiger partial charge in [0.2, 0.25) is 0 Å². The van der Waals surface area contributed by atoms with E-state index in [1.807, 2.05) is 26.8 Å². The van der Waals surface area contributed by atoms with Crippen molar-refractivity contribution in [2.45, 2.75) is 33.0 Å². The summed E-state index contributed by atoms with van der Waals surface area (Å²) < 4.78 is 6.27. The predicted molar refractivity (Wildman–Crippen MR) is 101 cm³/mol. The van der Waals surface area contributed by atoms with Gasteiger partial charge in [-0.15, -0.1) is 11.3 Å². The van der Waals surface area contributed by atoms with E-state index >= 15 is 0 Å². The second-order valence-electron chi connectivity index (χ2n) is 7.48. The molecule has 6 nitrogen and oxygen atoms in total. The maximum absolute atomic E-state index is 12.7. The molecule has 0 fully saturated rings. The highest BCUT2D eigenvalue weighted by atomic mass is 35.5. The van der Waals surface area contributed by atoms with Crippen molar-refractivity contribution < 1.29 is 9.84 Å². The van der Waals surface area contributed by atoms with Crippen LogP contribution in [0.25, 0.3) is 20.7 Å². The zero-order valence-corrected chi connectivity index (χ0v) is 16.2. The van der Waals surface area contributed by atoms with E-state index in [9.17, 15) is 9.90 Å². The van der Waals surface area contributed by atoms with Crippen LogP contribution in [0.3, 0.4) is 0 Å². The van der Waals surface area contributed by atoms with Crippen molar-refractivity contribution in [1.82, 2.24) is 15.0 Å². The largest absolute Gasteiger partial charge is 0.381 e. The van der Waals surface area contributed by atoms with Crippen LogP contribution in [0.5, 0.6) is 0 Å². The first-order valence-electron chi connectivity index (χ1n) is 8.17. The van der Waals surface area contributed by atoms with Crippen LogP contribution in [-0.4, -0.2) is 26.7 Å². The highest BCUT2D eigenvalue weighted by Gasteiger charge is 2.47. The first kappa shape index (κ1) is 17.6. The third-order valence-corrected chi connectivity index (χ3v) is 6.33. The molecule has 1 aliphatic heterocycles. The third-order valence-electron chi connectivity index (χ3n) is 4.92. The molecular weight excluding hydrogens is 374 g/mol. The third kappa shape index (κ3) is 2.50. The van der Waals surface area contributed by atoms with Gasteiger partial charge >= 0.3 is 0 Å². The molecule has 4 rings (SSSR count). The molecule has 2 N–H and O–H groups in total. The number of hydrogen-bond donors (Lipinski definition) is 2. The molecule has 0 radical (unpaired) electrons. The number of ether oxygens (including phenoxy) is 1. The van der Waals surface area contributed by atoms with Crippen LogP contribution < -0.4 is 5.56 Å². The van der Waals surface area contributed by atoms with E-state index in [0.29, 0.717) is 27.7 Å². The summed E-state index contributed by atoms with van der Waals surface area (Å²) in [6.07, 6.45) is 2.95. The Bertz CT molecular complexity index is 1070. The van der Waals surface area contributed by atoms with Crippen LogP contribution in [0.2, 0.25) is 5.02 Å². The fraction of sp³-hybridized carbons (Fsp3) is 0.389. The van der Waals surface area contributed by atoms with Crippen LogP contribution in [0.15, 0.2) is 23.4 Å². The maximum atomic E-state index is 12.7. The number of rotatable bonds is 1. The number of H-pyrrole nitrogens is 1. The number of nitrogens with zero attached hydrogens (tertiary/aromatic N) is 2. The quantitative estimate of drug-likeness (QED) is 0.663. The van der Waals surface area contributed by atoms with Gasteiger partial charge in [0.1, 0.15) is 22.3 Å². The molecule has 3 aromatic heterocycles. The first-order valence-corrected chi connectivity index (χ1v) is 9.37. The Hall–Kier alpha value is -1.80. The van der Waals surface area contributed by atoms with Crippen LogP contribution in [0, 0.1) is 5.41 Å². The number of pyridine rings is 1. The zero-order chi connectivity index (χ0) is 18.7. The van der Waals surface area contributed by atoms with Crippen LogP contribution in [0.4, 0.5) is 0 Å². The Labute approximate surface area is 158 Å². The highest BCUT2D eigenvalue weighted by molar-refractivity contribution is 7.22. The number of halogens is 1. The lowest BCUT2D eigenvalue weighted by atomic mass is 9.72. The summed E-state index contributed by atoms with van der Waals surface area (Å²) in [6, 6.07) is 1.89. The Morgan fingerprint density at radius 3 is 2.88 bits per heavy atom. The first-order chi connectivity index (χ1) is 12.2. The number of thiophene rings is 1. The summed E-state index contributed by atoms with van der Waals surface area (Å²) in [5.74, 6) is 0. The van der Waals surface area contributed by atoms with E-state index in [-0.39, 0.29) is 12.2 Å². The minimum absolute atomic E-state index is 0.139. The Balaban J connectivity index is 2.00. The Morgan fingerprint density at radius 2 is 2.19 bits per heavy atom. The van der Waals surface area contributed by atoms with Crippen molar-refractivity contribution >= 4 is 33.0 Å². The minimum Gasteiger partial charge on any atom is -0.381 e. The molecule has 1 aliphatic rings. The van der Waals surface area contributed by atoms with Crippen molar-refractivity contribution in [1.29, 1.82) is 0 Å². The van der Waals surface area contributed by atoms with E-state index in [4.69, 9.17) is 16.3 Å². The Kier molecular flexibility index (Phi) is 3.96. The van der Waals surface area contributed by atoms with Gasteiger partial charge in [-0.3, -0.25) is 4.79 Å². The van der Waals surface area contributed by atoms with E-state index in [1.54, 1.807) is 0 Å². The standard InChI is InChI=1S/C18H18ClN3O3S/c1-17(2,3)18(24)7-25-6-10-9-4-12(13-11(19)5-20-8-21-13)26-14(9)16(23)22-15(10)18/h4-5,8,24H,6-7H2,1-3H3,(H,22,23)/t18-/m0/s1. The number of fused-ring (bicyclic) bond motifs is 3. The molecule has 0 saturated carbocycles. The van der Waals surface area contributed by atoms with Gasteiger partial charge in [0.25, 0.3) is 5.56 Å². The summed E-state index contributed by atoms with van der Waals surface area (Å²) in [5.41, 5.74) is -0.0951. The minimum atomic E-state index is -1.28. The normalized spacial score (nSPS) is 20.3. The summed E-state index contributed by atoms with van der Waals surface area (Å²) in [6.45, 7) is 6.24. The molecule has 0 aromatic carbocycles. The summed E-state index contributed by atoms with van der Waals surface area (Å²) in [7, 11) is 0. The summed E-state index contributed by atoms with van der Waals surface area (Å²) in [4.78, 5) is 24.5. The Morgan fingerprint density at radius 1 is 1.42 bits per heavy atom. The molecule has 0 spiro atoms. The number of nitrogens with one attached hydrogen (secondary N) is 1. The molecule has 8 heteroatoms. The second-order valence-corrected chi connectivity index (χ2v) is 8.94. The lowest BCUT2D eigenvalue weighted by Crippen LogP contribution is -2.48. The number of aliphatic hydroxyl groups is 1. The van der Waals surface area contributed by atoms with E-state index in [2.05, 4.69) is 15.0 Å². The topological polar surface area (TPSA) is 88.1 Å². The monoisotopic (exact) mass is 391 g/mol. The highest BCUT2D eigenvalue weighted by Crippen LogP contribution is 2.45. The molecule has 0 amide bonds. The van der Waals surface area contributed by atoms with Gasteiger partial charge in [-0.25, -0.2) is 9.97 Å². The average Bonchev–Trinajstić information content (AvgIpc) is 3.01. The van der Waals surface area contributed by atoms with Crippen molar-refractivity contribution in [3.63, 3.8) is 0 Å². The smallest absolute Gasteiger partial charge is 0.266 e. The van der Waals surface area contributed by atoms with Crippen molar-refractivity contribution in [2.24, 2.45) is 5.41 Å². The van der Waals surface area contributed by atoms with Crippen LogP contribution in [-0.2, 0) is 16.9 Å². The fourth-order valence-electron chi connectivity index (χ4n) is 3.24. The lowest BCUT2D eigenvalue weighted by Gasteiger charge is -2.43. The van der Waals surface area contributed by atoms with Gasteiger partial charge in [-0.2, -0.15) is 0 Å². The van der Waals surface area contributed by atoms with Gasteiger partial charge in [0.05, 0.1) is 28.8 Å². The van der Waals surface area contributed by atoms with E-state index < -0.39 is 11.0 Å². The average molecular weight is 392 g/mol. The van der Waals surface area contributed by atoms with Gasteiger partial charge in [-0.1, -0.05) is 32.4 Å². The second kappa shape index (κ2) is 5.85. The van der Waals surface area contributed by atoms with Crippen molar-refractivity contribution in [3.8, 4) is 10.6 Å².